The number of amides is 1. The monoisotopic (exact) mass is 452 g/mol. The van der Waals surface area contributed by atoms with Crippen molar-refractivity contribution in [1.82, 2.24) is 20.1 Å². The van der Waals surface area contributed by atoms with E-state index in [1.54, 1.807) is 14.2 Å². The lowest BCUT2D eigenvalue weighted by Gasteiger charge is -2.10. The van der Waals surface area contributed by atoms with Crippen molar-refractivity contribution < 1.29 is 14.3 Å². The minimum atomic E-state index is -0.0479. The van der Waals surface area contributed by atoms with Crippen LogP contribution in [-0.2, 0) is 24.2 Å². The fourth-order valence-electron chi connectivity index (χ4n) is 3.21. The van der Waals surface area contributed by atoms with E-state index in [0.29, 0.717) is 42.6 Å². The summed E-state index contributed by atoms with van der Waals surface area (Å²) in [4.78, 5) is 12.3. The van der Waals surface area contributed by atoms with Crippen molar-refractivity contribution in [2.45, 2.75) is 24.5 Å². The van der Waals surface area contributed by atoms with Crippen LogP contribution in [0.3, 0.4) is 0 Å². The number of carbonyl (C=O) groups excluding carboxylic acids is 1. The molecule has 1 aromatic heterocycles. The molecule has 3 aromatic rings. The molecule has 0 bridgehead atoms. The van der Waals surface area contributed by atoms with Crippen LogP contribution < -0.4 is 14.8 Å². The van der Waals surface area contributed by atoms with Crippen LogP contribution in [0.5, 0.6) is 11.5 Å². The van der Waals surface area contributed by atoms with E-state index in [-0.39, 0.29) is 11.7 Å². The zero-order valence-corrected chi connectivity index (χ0v) is 19.2. The van der Waals surface area contributed by atoms with Crippen LogP contribution >= 0.6 is 11.8 Å². The molecule has 168 valence electrons. The maximum Gasteiger partial charge on any atom is 0.230 e. The van der Waals surface area contributed by atoms with E-state index in [2.05, 4.69) is 34.2 Å². The summed E-state index contributed by atoms with van der Waals surface area (Å²) >= 11 is 1.38. The third-order valence-corrected chi connectivity index (χ3v) is 5.79. The third kappa shape index (κ3) is 6.37. The predicted molar refractivity (Wildman–Crippen MR) is 126 cm³/mol. The molecular weight excluding hydrogens is 424 g/mol. The highest BCUT2D eigenvalue weighted by Gasteiger charge is 2.14. The number of allylic oxidation sites excluding steroid dienone is 1. The van der Waals surface area contributed by atoms with Gasteiger partial charge in [0.25, 0.3) is 0 Å². The van der Waals surface area contributed by atoms with Crippen molar-refractivity contribution >= 4 is 17.7 Å². The number of aromatic nitrogens is 3. The Hall–Kier alpha value is -3.26. The van der Waals surface area contributed by atoms with Crippen LogP contribution in [0.4, 0.5) is 0 Å². The lowest BCUT2D eigenvalue weighted by molar-refractivity contribution is -0.118. The number of rotatable bonds is 12. The molecule has 0 unspecified atom stereocenters. The van der Waals surface area contributed by atoms with Crippen LogP contribution in [0.15, 0.2) is 66.3 Å². The first-order valence-corrected chi connectivity index (χ1v) is 11.3. The summed E-state index contributed by atoms with van der Waals surface area (Å²) in [6.45, 7) is 4.96. The molecule has 1 amide bonds. The van der Waals surface area contributed by atoms with Crippen molar-refractivity contribution in [3.8, 4) is 11.5 Å². The Balaban J connectivity index is 1.51. The lowest BCUT2D eigenvalue weighted by atomic mass is 10.1. The van der Waals surface area contributed by atoms with Gasteiger partial charge < -0.3 is 19.4 Å². The van der Waals surface area contributed by atoms with Crippen LogP contribution in [0.25, 0.3) is 0 Å². The van der Waals surface area contributed by atoms with E-state index in [1.165, 1.54) is 11.8 Å². The second-order valence-corrected chi connectivity index (χ2v) is 7.98. The number of benzene rings is 2. The van der Waals surface area contributed by atoms with Gasteiger partial charge in [0, 0.05) is 19.5 Å². The average molecular weight is 453 g/mol. The molecule has 7 nitrogen and oxygen atoms in total. The Labute approximate surface area is 192 Å². The molecule has 3 rings (SSSR count). The molecule has 0 spiro atoms. The van der Waals surface area contributed by atoms with E-state index in [4.69, 9.17) is 9.47 Å². The van der Waals surface area contributed by atoms with Crippen molar-refractivity contribution in [2.24, 2.45) is 0 Å². The first-order valence-electron chi connectivity index (χ1n) is 10.3. The molecule has 8 heteroatoms. The molecule has 0 radical (unpaired) electrons. The molecule has 0 atom stereocenters. The van der Waals surface area contributed by atoms with E-state index in [9.17, 15) is 4.79 Å². The topological polar surface area (TPSA) is 78.3 Å². The predicted octanol–water partition coefficient (Wildman–Crippen LogP) is 3.52. The highest BCUT2D eigenvalue weighted by atomic mass is 32.2. The van der Waals surface area contributed by atoms with Gasteiger partial charge in [0.05, 0.1) is 20.0 Å². The summed E-state index contributed by atoms with van der Waals surface area (Å²) in [5, 5.41) is 12.3. The zero-order valence-electron chi connectivity index (χ0n) is 18.4. The Morgan fingerprint density at radius 1 is 1.09 bits per heavy atom. The second-order valence-electron chi connectivity index (χ2n) is 7.04. The van der Waals surface area contributed by atoms with Gasteiger partial charge in [-0.25, -0.2) is 0 Å². The van der Waals surface area contributed by atoms with Crippen molar-refractivity contribution in [3.63, 3.8) is 0 Å². The fraction of sp³-hybridized carbons (Fsp3) is 0.292. The Kier molecular flexibility index (Phi) is 8.74. The molecule has 0 saturated carbocycles. The number of nitrogens with zero attached hydrogens (tertiary/aromatic N) is 3. The van der Waals surface area contributed by atoms with Gasteiger partial charge in [-0.05, 0) is 29.7 Å². The minimum Gasteiger partial charge on any atom is -0.493 e. The molecule has 2 aromatic carbocycles. The van der Waals surface area contributed by atoms with E-state index >= 15 is 0 Å². The van der Waals surface area contributed by atoms with Gasteiger partial charge in [-0.2, -0.15) is 0 Å². The summed E-state index contributed by atoms with van der Waals surface area (Å²) in [7, 11) is 3.22. The number of hydrogen-bond donors (Lipinski definition) is 1. The number of ether oxygens (including phenoxy) is 2. The molecule has 0 aliphatic carbocycles. The van der Waals surface area contributed by atoms with Crippen LogP contribution in [-0.4, -0.2) is 47.2 Å². The standard InChI is InChI=1S/C24H28N4O3S/c1-4-14-28-22(16-18-8-6-5-7-9-18)26-27-24(28)32-17-23(29)25-13-12-19-10-11-20(30-2)21(15-19)31-3/h4-11,15H,1,12-14,16-17H2,2-3H3,(H,25,29). The number of thioether (sulfide) groups is 1. The summed E-state index contributed by atoms with van der Waals surface area (Å²) in [6.07, 6.45) is 3.19. The number of nitrogens with one attached hydrogen (secondary N) is 1. The number of methoxy groups -OCH3 is 2. The van der Waals surface area contributed by atoms with Gasteiger partial charge in [-0.15, -0.1) is 16.8 Å². The van der Waals surface area contributed by atoms with E-state index in [1.807, 2.05) is 47.0 Å². The summed E-state index contributed by atoms with van der Waals surface area (Å²) in [6, 6.07) is 15.9. The zero-order chi connectivity index (χ0) is 22.8. The van der Waals surface area contributed by atoms with Crippen molar-refractivity contribution in [3.05, 3.63) is 78.1 Å². The highest BCUT2D eigenvalue weighted by molar-refractivity contribution is 7.99. The second kappa shape index (κ2) is 12.0. The maximum atomic E-state index is 12.3. The van der Waals surface area contributed by atoms with Gasteiger partial charge in [0.1, 0.15) is 5.82 Å². The first-order chi connectivity index (χ1) is 15.6. The van der Waals surface area contributed by atoms with Gasteiger partial charge >= 0.3 is 0 Å². The van der Waals surface area contributed by atoms with Crippen LogP contribution in [0, 0.1) is 0 Å². The Morgan fingerprint density at radius 3 is 2.59 bits per heavy atom. The maximum absolute atomic E-state index is 12.3. The largest absolute Gasteiger partial charge is 0.493 e. The van der Waals surface area contributed by atoms with Gasteiger partial charge in [-0.3, -0.25) is 4.79 Å². The summed E-state index contributed by atoms with van der Waals surface area (Å²) in [5.41, 5.74) is 2.22. The molecule has 32 heavy (non-hydrogen) atoms. The minimum absolute atomic E-state index is 0.0479. The SMILES string of the molecule is C=CCn1c(Cc2ccccc2)nnc1SCC(=O)NCCc1ccc(OC)c(OC)c1. The molecule has 0 saturated heterocycles. The van der Waals surface area contributed by atoms with E-state index in [0.717, 1.165) is 17.0 Å². The fourth-order valence-corrected chi connectivity index (χ4v) is 4.01. The summed E-state index contributed by atoms with van der Waals surface area (Å²) in [5.74, 6) is 2.44. The molecule has 1 N–H and O–H groups in total. The van der Waals surface area contributed by atoms with Gasteiger partial charge in [0.2, 0.25) is 5.91 Å². The van der Waals surface area contributed by atoms with Gasteiger partial charge in [-0.1, -0.05) is 54.2 Å². The lowest BCUT2D eigenvalue weighted by Crippen LogP contribution is -2.27. The molecule has 0 fully saturated rings. The quantitative estimate of drug-likeness (QED) is 0.335. The molecule has 0 aliphatic rings. The Morgan fingerprint density at radius 2 is 1.88 bits per heavy atom. The first kappa shape index (κ1) is 23.4. The number of carbonyl (C=O) groups is 1. The number of hydrogen-bond acceptors (Lipinski definition) is 6. The normalized spacial score (nSPS) is 10.6. The van der Waals surface area contributed by atoms with Crippen LogP contribution in [0.1, 0.15) is 17.0 Å². The average Bonchev–Trinajstić information content (AvgIpc) is 3.19. The molecule has 0 aliphatic heterocycles. The molecular formula is C24H28N4O3S. The summed E-state index contributed by atoms with van der Waals surface area (Å²) < 4.78 is 12.6. The van der Waals surface area contributed by atoms with Gasteiger partial charge in [0.15, 0.2) is 16.7 Å². The van der Waals surface area contributed by atoms with Crippen LogP contribution in [0.2, 0.25) is 0 Å². The Bertz CT molecular complexity index is 1040. The van der Waals surface area contributed by atoms with Crippen molar-refractivity contribution in [2.75, 3.05) is 26.5 Å². The third-order valence-electron chi connectivity index (χ3n) is 4.83. The smallest absolute Gasteiger partial charge is 0.230 e. The highest BCUT2D eigenvalue weighted by Crippen LogP contribution is 2.27. The van der Waals surface area contributed by atoms with Crippen molar-refractivity contribution in [1.29, 1.82) is 0 Å². The molecule has 1 heterocycles. The van der Waals surface area contributed by atoms with E-state index < -0.39 is 0 Å².